The molecule has 4 heteroatoms. The van der Waals surface area contributed by atoms with Crippen LogP contribution < -0.4 is 0 Å². The minimum Gasteiger partial charge on any atom is -0.292 e. The molecule has 0 N–H and O–H groups in total. The van der Waals surface area contributed by atoms with E-state index >= 15 is 0 Å². The molecule has 0 aromatic carbocycles. The van der Waals surface area contributed by atoms with Crippen molar-refractivity contribution in [2.24, 2.45) is 0 Å². The Labute approximate surface area is 62.2 Å². The summed E-state index contributed by atoms with van der Waals surface area (Å²) in [6.45, 7) is 0. The average molecular weight is 166 g/mol. The van der Waals surface area contributed by atoms with Crippen molar-refractivity contribution in [3.8, 4) is 0 Å². The average Bonchev–Trinajstić information content (AvgIpc) is 2.36. The molecule has 1 fully saturated rings. The van der Waals surface area contributed by atoms with Gasteiger partial charge in [0, 0.05) is 0 Å². The van der Waals surface area contributed by atoms with Gasteiger partial charge < -0.3 is 0 Å². The van der Waals surface area contributed by atoms with E-state index in [0.29, 0.717) is 6.42 Å². The van der Waals surface area contributed by atoms with Crippen molar-refractivity contribution in [3.05, 3.63) is 0 Å². The SMILES string of the molecule is O=C(C(F)F)C1CCCS1. The van der Waals surface area contributed by atoms with Gasteiger partial charge in [-0.2, -0.15) is 11.8 Å². The fraction of sp³-hybridized carbons (Fsp3) is 0.833. The van der Waals surface area contributed by atoms with Crippen molar-refractivity contribution in [2.75, 3.05) is 5.75 Å². The summed E-state index contributed by atoms with van der Waals surface area (Å²) >= 11 is 1.35. The Morgan fingerprint density at radius 2 is 2.30 bits per heavy atom. The first-order valence-corrected chi connectivity index (χ1v) is 4.20. The molecule has 1 unspecified atom stereocenters. The second-order valence-corrected chi connectivity index (χ2v) is 3.52. The Balaban J connectivity index is 2.40. The molecule has 1 aliphatic rings. The van der Waals surface area contributed by atoms with E-state index in [-0.39, 0.29) is 0 Å². The third kappa shape index (κ3) is 1.68. The lowest BCUT2D eigenvalue weighted by Crippen LogP contribution is -2.21. The van der Waals surface area contributed by atoms with E-state index in [9.17, 15) is 13.6 Å². The maximum Gasteiger partial charge on any atom is 0.297 e. The quantitative estimate of drug-likeness (QED) is 0.621. The molecule has 10 heavy (non-hydrogen) atoms. The van der Waals surface area contributed by atoms with Gasteiger partial charge in [-0.3, -0.25) is 4.79 Å². The first-order chi connectivity index (χ1) is 4.72. The summed E-state index contributed by atoms with van der Waals surface area (Å²) < 4.78 is 23.4. The summed E-state index contributed by atoms with van der Waals surface area (Å²) in [7, 11) is 0. The predicted molar refractivity (Wildman–Crippen MR) is 36.5 cm³/mol. The number of halogens is 2. The number of carbonyl (C=O) groups is 1. The Kier molecular flexibility index (Phi) is 2.65. The minimum absolute atomic E-state index is 0.417. The number of hydrogen-bond donors (Lipinski definition) is 0. The molecule has 0 aromatic heterocycles. The number of thioether (sulfide) groups is 1. The molecule has 0 saturated carbocycles. The zero-order chi connectivity index (χ0) is 7.56. The molecular formula is C6H8F2OS. The third-order valence-corrected chi connectivity index (χ3v) is 2.86. The number of carbonyl (C=O) groups excluding carboxylic acids is 1. The zero-order valence-corrected chi connectivity index (χ0v) is 6.16. The number of ketones is 1. The van der Waals surface area contributed by atoms with Crippen LogP contribution in [0.25, 0.3) is 0 Å². The fourth-order valence-corrected chi connectivity index (χ4v) is 2.16. The summed E-state index contributed by atoms with van der Waals surface area (Å²) in [5, 5.41) is -0.417. The molecule has 0 amide bonds. The van der Waals surface area contributed by atoms with Crippen molar-refractivity contribution in [1.29, 1.82) is 0 Å². The van der Waals surface area contributed by atoms with Crippen LogP contribution in [0.2, 0.25) is 0 Å². The summed E-state index contributed by atoms with van der Waals surface area (Å²) in [6, 6.07) is 0. The normalized spacial score (nSPS) is 25.7. The summed E-state index contributed by atoms with van der Waals surface area (Å²) in [5.41, 5.74) is 0. The van der Waals surface area contributed by atoms with Gasteiger partial charge in [0.2, 0.25) is 5.78 Å². The van der Waals surface area contributed by atoms with E-state index in [1.54, 1.807) is 0 Å². The smallest absolute Gasteiger partial charge is 0.292 e. The maximum atomic E-state index is 11.7. The van der Waals surface area contributed by atoms with Gasteiger partial charge >= 0.3 is 0 Å². The standard InChI is InChI=1S/C6H8F2OS/c7-6(8)5(9)4-2-1-3-10-4/h4,6H,1-3H2. The third-order valence-electron chi connectivity index (χ3n) is 1.46. The number of Topliss-reactive ketones (excluding diaryl/α,β-unsaturated/α-hetero) is 1. The molecule has 1 rings (SSSR count). The van der Waals surface area contributed by atoms with Gasteiger partial charge in [0.25, 0.3) is 6.43 Å². The molecule has 1 atom stereocenters. The first kappa shape index (κ1) is 7.98. The Morgan fingerprint density at radius 3 is 2.70 bits per heavy atom. The monoisotopic (exact) mass is 166 g/mol. The van der Waals surface area contributed by atoms with E-state index < -0.39 is 17.5 Å². The molecule has 0 radical (unpaired) electrons. The van der Waals surface area contributed by atoms with Crippen molar-refractivity contribution >= 4 is 17.5 Å². The van der Waals surface area contributed by atoms with Gasteiger partial charge in [-0.25, -0.2) is 8.78 Å². The van der Waals surface area contributed by atoms with Crippen LogP contribution >= 0.6 is 11.8 Å². The van der Waals surface area contributed by atoms with Crippen LogP contribution in [0.3, 0.4) is 0 Å². The van der Waals surface area contributed by atoms with Gasteiger partial charge in [0.15, 0.2) is 0 Å². The Bertz CT molecular complexity index is 132. The lowest BCUT2D eigenvalue weighted by atomic mass is 10.2. The van der Waals surface area contributed by atoms with E-state index in [2.05, 4.69) is 0 Å². The lowest BCUT2D eigenvalue weighted by Gasteiger charge is -2.04. The number of alkyl halides is 2. The molecule has 58 valence electrons. The molecule has 0 spiro atoms. The molecule has 0 bridgehead atoms. The zero-order valence-electron chi connectivity index (χ0n) is 5.35. The van der Waals surface area contributed by atoms with E-state index in [4.69, 9.17) is 0 Å². The van der Waals surface area contributed by atoms with E-state index in [1.807, 2.05) is 0 Å². The Hall–Kier alpha value is -0.120. The van der Waals surface area contributed by atoms with Crippen molar-refractivity contribution in [1.82, 2.24) is 0 Å². The predicted octanol–water partition coefficient (Wildman–Crippen LogP) is 1.72. The highest BCUT2D eigenvalue weighted by molar-refractivity contribution is 8.00. The first-order valence-electron chi connectivity index (χ1n) is 3.15. The fourth-order valence-electron chi connectivity index (χ4n) is 0.943. The van der Waals surface area contributed by atoms with Crippen molar-refractivity contribution in [3.63, 3.8) is 0 Å². The summed E-state index contributed by atoms with van der Waals surface area (Å²) in [6.07, 6.45) is -1.24. The molecular weight excluding hydrogens is 158 g/mol. The lowest BCUT2D eigenvalue weighted by molar-refractivity contribution is -0.128. The van der Waals surface area contributed by atoms with Gasteiger partial charge in [-0.1, -0.05) is 0 Å². The Morgan fingerprint density at radius 1 is 1.60 bits per heavy atom. The molecule has 0 aliphatic carbocycles. The number of hydrogen-bond acceptors (Lipinski definition) is 2. The van der Waals surface area contributed by atoms with Gasteiger partial charge in [-0.05, 0) is 18.6 Å². The van der Waals surface area contributed by atoms with E-state index in [0.717, 1.165) is 12.2 Å². The van der Waals surface area contributed by atoms with Crippen LogP contribution in [0, 0.1) is 0 Å². The van der Waals surface area contributed by atoms with Crippen LogP contribution in [0.5, 0.6) is 0 Å². The van der Waals surface area contributed by atoms with Gasteiger partial charge in [0.05, 0.1) is 5.25 Å². The molecule has 1 aliphatic heterocycles. The van der Waals surface area contributed by atoms with Crippen LogP contribution in [0.1, 0.15) is 12.8 Å². The van der Waals surface area contributed by atoms with Crippen LogP contribution in [-0.2, 0) is 4.79 Å². The maximum absolute atomic E-state index is 11.7. The molecule has 1 heterocycles. The van der Waals surface area contributed by atoms with Gasteiger partial charge in [-0.15, -0.1) is 0 Å². The summed E-state index contributed by atoms with van der Waals surface area (Å²) in [5.74, 6) is -0.0363. The highest BCUT2D eigenvalue weighted by Gasteiger charge is 2.29. The van der Waals surface area contributed by atoms with Gasteiger partial charge in [0.1, 0.15) is 0 Å². The highest BCUT2D eigenvalue weighted by atomic mass is 32.2. The molecule has 0 aromatic rings. The van der Waals surface area contributed by atoms with Crippen LogP contribution in [-0.4, -0.2) is 23.2 Å². The van der Waals surface area contributed by atoms with Crippen LogP contribution in [0.15, 0.2) is 0 Å². The molecule has 1 saturated heterocycles. The van der Waals surface area contributed by atoms with E-state index in [1.165, 1.54) is 11.8 Å². The minimum atomic E-state index is -2.77. The second kappa shape index (κ2) is 3.32. The highest BCUT2D eigenvalue weighted by Crippen LogP contribution is 2.28. The second-order valence-electron chi connectivity index (χ2n) is 2.20. The van der Waals surface area contributed by atoms with Crippen molar-refractivity contribution in [2.45, 2.75) is 24.5 Å². The molecule has 1 nitrogen and oxygen atoms in total. The largest absolute Gasteiger partial charge is 0.297 e. The summed E-state index contributed by atoms with van der Waals surface area (Å²) in [4.78, 5) is 10.6. The number of rotatable bonds is 2. The topological polar surface area (TPSA) is 17.1 Å². The van der Waals surface area contributed by atoms with Crippen molar-refractivity contribution < 1.29 is 13.6 Å². The van der Waals surface area contributed by atoms with Crippen LogP contribution in [0.4, 0.5) is 8.78 Å².